The van der Waals surface area contributed by atoms with Gasteiger partial charge in [-0.1, -0.05) is 0 Å². The number of anilines is 1. The minimum atomic E-state index is 0.428. The topological polar surface area (TPSA) is 84.2 Å². The second-order valence-corrected chi connectivity index (χ2v) is 13.2. The summed E-state index contributed by atoms with van der Waals surface area (Å²) in [5.41, 5.74) is 2.18. The second kappa shape index (κ2) is 10.7. The minimum Gasteiger partial charge on any atom is -0.381 e. The zero-order chi connectivity index (χ0) is 26.5. The third kappa shape index (κ3) is 5.09. The summed E-state index contributed by atoms with van der Waals surface area (Å²) in [6, 6.07) is 3.84. The van der Waals surface area contributed by atoms with Crippen LogP contribution in [0.3, 0.4) is 0 Å². The molecule has 0 spiro atoms. The van der Waals surface area contributed by atoms with Crippen LogP contribution in [-0.2, 0) is 11.2 Å². The van der Waals surface area contributed by atoms with Gasteiger partial charge in [0.15, 0.2) is 0 Å². The molecule has 39 heavy (non-hydrogen) atoms. The van der Waals surface area contributed by atoms with Crippen molar-refractivity contribution in [2.75, 3.05) is 31.6 Å². The van der Waals surface area contributed by atoms with Crippen LogP contribution in [0.1, 0.15) is 81.9 Å². The van der Waals surface area contributed by atoms with Gasteiger partial charge in [0.1, 0.15) is 16.5 Å². The van der Waals surface area contributed by atoms with Gasteiger partial charge < -0.3 is 10.1 Å². The highest BCUT2D eigenvalue weighted by atomic mass is 32.1. The number of rotatable bonds is 7. The van der Waals surface area contributed by atoms with Crippen molar-refractivity contribution >= 4 is 27.6 Å². The van der Waals surface area contributed by atoms with Crippen molar-refractivity contribution in [3.8, 4) is 0 Å². The summed E-state index contributed by atoms with van der Waals surface area (Å²) in [6.07, 6.45) is 13.2. The molecule has 0 unspecified atom stereocenters. The molecule has 3 aromatic heterocycles. The smallest absolute Gasteiger partial charge is 0.149 e. The molecule has 3 aliphatic heterocycles. The molecule has 4 aliphatic rings. The number of nitrogens with one attached hydrogen (secondary N) is 1. The van der Waals surface area contributed by atoms with E-state index in [9.17, 15) is 0 Å². The molecule has 0 radical (unpaired) electrons. The summed E-state index contributed by atoms with van der Waals surface area (Å²) < 4.78 is 12.3. The van der Waals surface area contributed by atoms with E-state index in [0.717, 1.165) is 77.3 Å². The lowest BCUT2D eigenvalue weighted by Gasteiger charge is -2.43. The first kappa shape index (κ1) is 25.8. The first-order valence-electron chi connectivity index (χ1n) is 15.0. The normalized spacial score (nSPS) is 28.7. The van der Waals surface area contributed by atoms with E-state index in [4.69, 9.17) is 14.7 Å². The Morgan fingerprint density at radius 3 is 2.56 bits per heavy atom. The van der Waals surface area contributed by atoms with E-state index in [1.165, 1.54) is 56.7 Å². The Morgan fingerprint density at radius 2 is 1.82 bits per heavy atom. The summed E-state index contributed by atoms with van der Waals surface area (Å²) in [6.45, 7) is 10.9. The molecule has 9 nitrogen and oxygen atoms in total. The number of likely N-dealkylation sites (tertiary alicyclic amines) is 2. The Labute approximate surface area is 235 Å². The Bertz CT molecular complexity index is 1290. The number of piperazine rings is 1. The molecule has 1 N–H and O–H groups in total. The number of nitrogens with zero attached hydrogens (tertiary/aromatic N) is 7. The summed E-state index contributed by atoms with van der Waals surface area (Å²) >= 11 is 1.48. The van der Waals surface area contributed by atoms with Crippen molar-refractivity contribution in [2.45, 2.75) is 108 Å². The molecule has 0 aromatic carbocycles. The van der Waals surface area contributed by atoms with Crippen LogP contribution in [0.5, 0.6) is 0 Å². The molecule has 3 saturated heterocycles. The van der Waals surface area contributed by atoms with Crippen LogP contribution >= 0.6 is 11.5 Å². The summed E-state index contributed by atoms with van der Waals surface area (Å²) in [4.78, 5) is 16.5. The lowest BCUT2D eigenvalue weighted by molar-refractivity contribution is 0.0595. The first-order chi connectivity index (χ1) is 19.0. The molecule has 7 rings (SSSR count). The van der Waals surface area contributed by atoms with E-state index in [1.54, 1.807) is 0 Å². The van der Waals surface area contributed by atoms with Crippen molar-refractivity contribution in [1.82, 2.24) is 33.9 Å². The third-order valence-electron chi connectivity index (χ3n) is 9.63. The lowest BCUT2D eigenvalue weighted by atomic mass is 9.89. The van der Waals surface area contributed by atoms with Crippen molar-refractivity contribution in [2.24, 2.45) is 0 Å². The number of hydrogen-bond acceptors (Lipinski definition) is 9. The molecule has 10 heteroatoms. The van der Waals surface area contributed by atoms with Gasteiger partial charge in [0.2, 0.25) is 0 Å². The Kier molecular flexibility index (Phi) is 7.07. The molecule has 0 amide bonds. The SMILES string of the molecule is Cc1nsc2nc(Cc3cnn(C4CCOCC4)c3)nc(NC3CCC(N4C[C@H]5C[C@@H]4CN5C(C)C)CC3)c12. The molecule has 3 aromatic rings. The highest BCUT2D eigenvalue weighted by Gasteiger charge is 2.46. The summed E-state index contributed by atoms with van der Waals surface area (Å²) in [5.74, 6) is 1.81. The minimum absolute atomic E-state index is 0.428. The molecule has 1 saturated carbocycles. The third-order valence-corrected chi connectivity index (χ3v) is 10.5. The van der Waals surface area contributed by atoms with Gasteiger partial charge in [0.25, 0.3) is 0 Å². The largest absolute Gasteiger partial charge is 0.381 e. The van der Waals surface area contributed by atoms with E-state index < -0.39 is 0 Å². The molecule has 210 valence electrons. The van der Waals surface area contributed by atoms with Gasteiger partial charge in [-0.05, 0) is 82.8 Å². The fraction of sp³-hybridized carbons (Fsp3) is 0.724. The van der Waals surface area contributed by atoms with Crippen LogP contribution in [0, 0.1) is 6.92 Å². The van der Waals surface area contributed by atoms with E-state index in [0.29, 0.717) is 24.5 Å². The van der Waals surface area contributed by atoms with Gasteiger partial charge in [-0.2, -0.15) is 9.47 Å². The standard InChI is InChI=1S/C29H42N8OS/c1-18(2)35-16-25-13-24(35)17-36(25)22-6-4-21(5-7-22)31-28-27-19(3)34-39-29(27)33-26(32-28)12-20-14-30-37(15-20)23-8-10-38-11-9-23/h14-15,18,21-25H,4-13,16-17H2,1-3H3,(H,31,32,33)/t21?,22?,24-,25-/m1/s1. The van der Waals surface area contributed by atoms with E-state index in [2.05, 4.69) is 56.2 Å². The average molecular weight is 551 g/mol. The van der Waals surface area contributed by atoms with Gasteiger partial charge in [0, 0.05) is 69.1 Å². The van der Waals surface area contributed by atoms with Crippen molar-refractivity contribution in [3.63, 3.8) is 0 Å². The van der Waals surface area contributed by atoms with Gasteiger partial charge in [-0.15, -0.1) is 0 Å². The van der Waals surface area contributed by atoms with Crippen LogP contribution in [-0.4, -0.2) is 90.4 Å². The number of aryl methyl sites for hydroxylation is 1. The molecule has 2 bridgehead atoms. The Morgan fingerprint density at radius 1 is 1.00 bits per heavy atom. The van der Waals surface area contributed by atoms with Crippen molar-refractivity contribution in [1.29, 1.82) is 0 Å². The molecule has 4 fully saturated rings. The fourth-order valence-corrected chi connectivity index (χ4v) is 8.37. The highest BCUT2D eigenvalue weighted by Crippen LogP contribution is 2.38. The zero-order valence-corrected chi connectivity index (χ0v) is 24.4. The number of aromatic nitrogens is 5. The van der Waals surface area contributed by atoms with Gasteiger partial charge in [0.05, 0.1) is 23.3 Å². The maximum atomic E-state index is 5.52. The molecule has 2 atom stereocenters. The average Bonchev–Trinajstić information content (AvgIpc) is 3.74. The predicted octanol–water partition coefficient (Wildman–Crippen LogP) is 4.42. The van der Waals surface area contributed by atoms with Gasteiger partial charge >= 0.3 is 0 Å². The van der Waals surface area contributed by atoms with Crippen LogP contribution in [0.15, 0.2) is 12.4 Å². The quantitative estimate of drug-likeness (QED) is 0.463. The lowest BCUT2D eigenvalue weighted by Crippen LogP contribution is -2.53. The summed E-state index contributed by atoms with van der Waals surface area (Å²) in [5, 5.41) is 9.61. The second-order valence-electron chi connectivity index (χ2n) is 12.5. The zero-order valence-electron chi connectivity index (χ0n) is 23.6. The fourth-order valence-electron chi connectivity index (χ4n) is 7.57. The number of hydrogen-bond donors (Lipinski definition) is 1. The highest BCUT2D eigenvalue weighted by molar-refractivity contribution is 7.13. The Balaban J connectivity index is 1.02. The molecule has 6 heterocycles. The van der Waals surface area contributed by atoms with E-state index >= 15 is 0 Å². The van der Waals surface area contributed by atoms with Crippen LogP contribution in [0.4, 0.5) is 5.82 Å². The van der Waals surface area contributed by atoms with E-state index in [-0.39, 0.29) is 0 Å². The number of ether oxygens (including phenoxy) is 1. The van der Waals surface area contributed by atoms with E-state index in [1.807, 2.05) is 6.20 Å². The Hall–Kier alpha value is -2.14. The summed E-state index contributed by atoms with van der Waals surface area (Å²) in [7, 11) is 0. The van der Waals surface area contributed by atoms with Crippen molar-refractivity contribution in [3.05, 3.63) is 29.5 Å². The maximum absolute atomic E-state index is 5.52. The van der Waals surface area contributed by atoms with Crippen LogP contribution < -0.4 is 5.32 Å². The monoisotopic (exact) mass is 550 g/mol. The van der Waals surface area contributed by atoms with Crippen LogP contribution in [0.25, 0.3) is 10.2 Å². The first-order valence-corrected chi connectivity index (χ1v) is 15.8. The van der Waals surface area contributed by atoms with Crippen LogP contribution in [0.2, 0.25) is 0 Å². The predicted molar refractivity (Wildman–Crippen MR) is 154 cm³/mol. The molecular formula is C29H42N8OS. The van der Waals surface area contributed by atoms with Gasteiger partial charge in [-0.3, -0.25) is 14.5 Å². The number of fused-ring (bicyclic) bond motifs is 3. The maximum Gasteiger partial charge on any atom is 0.149 e. The van der Waals surface area contributed by atoms with Gasteiger partial charge in [-0.25, -0.2) is 9.97 Å². The van der Waals surface area contributed by atoms with Crippen molar-refractivity contribution < 1.29 is 4.74 Å². The molecular weight excluding hydrogens is 508 g/mol. The molecule has 1 aliphatic carbocycles.